The lowest BCUT2D eigenvalue weighted by Crippen LogP contribution is -2.33. The SMILES string of the molecule is N[C@@H](c1ccc(F)cc1)C1CCNCC1. The third kappa shape index (κ3) is 2.55. The number of nitrogens with one attached hydrogen (secondary N) is 1. The van der Waals surface area contributed by atoms with Gasteiger partial charge in [-0.25, -0.2) is 4.39 Å². The van der Waals surface area contributed by atoms with E-state index in [-0.39, 0.29) is 11.9 Å². The summed E-state index contributed by atoms with van der Waals surface area (Å²) in [6.45, 7) is 2.08. The predicted molar refractivity (Wildman–Crippen MR) is 58.9 cm³/mol. The number of piperidine rings is 1. The van der Waals surface area contributed by atoms with Crippen LogP contribution in [0.1, 0.15) is 24.4 Å². The maximum atomic E-state index is 12.7. The van der Waals surface area contributed by atoms with E-state index in [1.54, 1.807) is 12.1 Å². The summed E-state index contributed by atoms with van der Waals surface area (Å²) in [7, 11) is 0. The first-order valence-corrected chi connectivity index (χ1v) is 5.49. The highest BCUT2D eigenvalue weighted by molar-refractivity contribution is 5.20. The van der Waals surface area contributed by atoms with Gasteiger partial charge in [0, 0.05) is 6.04 Å². The third-order valence-corrected chi connectivity index (χ3v) is 3.15. The first kappa shape index (κ1) is 10.6. The van der Waals surface area contributed by atoms with Gasteiger partial charge in [0.05, 0.1) is 0 Å². The first-order chi connectivity index (χ1) is 7.27. The molecule has 3 heteroatoms. The van der Waals surface area contributed by atoms with Crippen molar-refractivity contribution in [1.82, 2.24) is 5.32 Å². The van der Waals surface area contributed by atoms with E-state index in [0.717, 1.165) is 31.5 Å². The Morgan fingerprint density at radius 3 is 2.40 bits per heavy atom. The molecule has 1 heterocycles. The predicted octanol–water partition coefficient (Wildman–Crippen LogP) is 1.83. The first-order valence-electron chi connectivity index (χ1n) is 5.49. The van der Waals surface area contributed by atoms with Crippen LogP contribution in [0.2, 0.25) is 0 Å². The zero-order valence-corrected chi connectivity index (χ0v) is 8.75. The van der Waals surface area contributed by atoms with Crippen molar-refractivity contribution >= 4 is 0 Å². The average Bonchev–Trinajstić information content (AvgIpc) is 2.30. The summed E-state index contributed by atoms with van der Waals surface area (Å²) in [5.41, 5.74) is 7.21. The fraction of sp³-hybridized carbons (Fsp3) is 0.500. The minimum absolute atomic E-state index is 0.0488. The second-order valence-electron chi connectivity index (χ2n) is 4.16. The molecule has 2 rings (SSSR count). The van der Waals surface area contributed by atoms with Crippen molar-refractivity contribution in [2.24, 2.45) is 11.7 Å². The molecule has 0 aromatic heterocycles. The molecule has 0 bridgehead atoms. The summed E-state index contributed by atoms with van der Waals surface area (Å²) in [5, 5.41) is 3.31. The fourth-order valence-electron chi connectivity index (χ4n) is 2.16. The van der Waals surface area contributed by atoms with Crippen molar-refractivity contribution in [3.05, 3.63) is 35.6 Å². The van der Waals surface area contributed by atoms with Gasteiger partial charge in [-0.2, -0.15) is 0 Å². The number of hydrogen-bond donors (Lipinski definition) is 2. The highest BCUT2D eigenvalue weighted by Gasteiger charge is 2.21. The van der Waals surface area contributed by atoms with Crippen LogP contribution in [0.5, 0.6) is 0 Å². The van der Waals surface area contributed by atoms with Crippen LogP contribution in [0.3, 0.4) is 0 Å². The van der Waals surface area contributed by atoms with Crippen molar-refractivity contribution in [2.45, 2.75) is 18.9 Å². The van der Waals surface area contributed by atoms with Gasteiger partial charge < -0.3 is 11.1 Å². The van der Waals surface area contributed by atoms with Gasteiger partial charge in [-0.1, -0.05) is 12.1 Å². The maximum Gasteiger partial charge on any atom is 0.123 e. The molecule has 15 heavy (non-hydrogen) atoms. The quantitative estimate of drug-likeness (QED) is 0.778. The van der Waals surface area contributed by atoms with Gasteiger partial charge in [0.1, 0.15) is 5.82 Å². The van der Waals surface area contributed by atoms with Crippen molar-refractivity contribution in [3.63, 3.8) is 0 Å². The van der Waals surface area contributed by atoms with Crippen LogP contribution in [-0.4, -0.2) is 13.1 Å². The van der Waals surface area contributed by atoms with Gasteiger partial charge in [0.2, 0.25) is 0 Å². The Hall–Kier alpha value is -0.930. The molecule has 0 unspecified atom stereocenters. The second kappa shape index (κ2) is 4.73. The molecule has 2 nitrogen and oxygen atoms in total. The second-order valence-corrected chi connectivity index (χ2v) is 4.16. The Bertz CT molecular complexity index is 304. The van der Waals surface area contributed by atoms with Gasteiger partial charge in [0.25, 0.3) is 0 Å². The molecule has 82 valence electrons. The molecule has 1 atom stereocenters. The lowest BCUT2D eigenvalue weighted by atomic mass is 9.87. The lowest BCUT2D eigenvalue weighted by molar-refractivity contribution is 0.322. The van der Waals surface area contributed by atoms with E-state index in [9.17, 15) is 4.39 Å². The summed E-state index contributed by atoms with van der Waals surface area (Å²) >= 11 is 0. The summed E-state index contributed by atoms with van der Waals surface area (Å²) in [6, 6.07) is 6.60. The summed E-state index contributed by atoms with van der Waals surface area (Å²) in [6.07, 6.45) is 2.22. The Kier molecular flexibility index (Phi) is 3.34. The van der Waals surface area contributed by atoms with Gasteiger partial charge in [0.15, 0.2) is 0 Å². The van der Waals surface area contributed by atoms with Crippen LogP contribution in [0.4, 0.5) is 4.39 Å². The minimum Gasteiger partial charge on any atom is -0.324 e. The smallest absolute Gasteiger partial charge is 0.123 e. The minimum atomic E-state index is -0.198. The zero-order valence-electron chi connectivity index (χ0n) is 8.75. The molecule has 1 aromatic carbocycles. The van der Waals surface area contributed by atoms with E-state index in [2.05, 4.69) is 5.32 Å². The zero-order chi connectivity index (χ0) is 10.7. The number of nitrogens with two attached hydrogens (primary N) is 1. The molecule has 0 radical (unpaired) electrons. The van der Waals surface area contributed by atoms with Crippen LogP contribution in [0.15, 0.2) is 24.3 Å². The molecule has 1 aromatic rings. The van der Waals surface area contributed by atoms with E-state index >= 15 is 0 Å². The Morgan fingerprint density at radius 2 is 1.80 bits per heavy atom. The number of halogens is 1. The third-order valence-electron chi connectivity index (χ3n) is 3.15. The van der Waals surface area contributed by atoms with E-state index < -0.39 is 0 Å². The van der Waals surface area contributed by atoms with E-state index in [1.165, 1.54) is 12.1 Å². The van der Waals surface area contributed by atoms with E-state index in [4.69, 9.17) is 5.73 Å². The van der Waals surface area contributed by atoms with Gasteiger partial charge in [-0.15, -0.1) is 0 Å². The number of hydrogen-bond acceptors (Lipinski definition) is 2. The molecule has 3 N–H and O–H groups in total. The number of rotatable bonds is 2. The molecule has 0 amide bonds. The average molecular weight is 208 g/mol. The highest BCUT2D eigenvalue weighted by Crippen LogP contribution is 2.26. The lowest BCUT2D eigenvalue weighted by Gasteiger charge is -2.28. The van der Waals surface area contributed by atoms with E-state index in [0.29, 0.717) is 5.92 Å². The molecule has 1 aliphatic heterocycles. The summed E-state index contributed by atoms with van der Waals surface area (Å²) < 4.78 is 12.7. The van der Waals surface area contributed by atoms with Gasteiger partial charge >= 0.3 is 0 Å². The normalized spacial score (nSPS) is 20.1. The topological polar surface area (TPSA) is 38.0 Å². The molecular formula is C12H17FN2. The van der Waals surface area contributed by atoms with Crippen molar-refractivity contribution < 1.29 is 4.39 Å². The Labute approximate surface area is 89.7 Å². The molecule has 1 aliphatic rings. The van der Waals surface area contributed by atoms with Crippen molar-refractivity contribution in [1.29, 1.82) is 0 Å². The number of benzene rings is 1. The Morgan fingerprint density at radius 1 is 1.20 bits per heavy atom. The monoisotopic (exact) mass is 208 g/mol. The molecule has 0 saturated carbocycles. The molecule has 1 saturated heterocycles. The maximum absolute atomic E-state index is 12.7. The standard InChI is InChI=1S/C12H17FN2/c13-11-3-1-9(2-4-11)12(14)10-5-7-15-8-6-10/h1-4,10,12,15H,5-8,14H2/t12-/m0/s1. The summed E-state index contributed by atoms with van der Waals surface area (Å²) in [5.74, 6) is 0.327. The van der Waals surface area contributed by atoms with Gasteiger partial charge in [-0.3, -0.25) is 0 Å². The van der Waals surface area contributed by atoms with Crippen LogP contribution < -0.4 is 11.1 Å². The van der Waals surface area contributed by atoms with E-state index in [1.807, 2.05) is 0 Å². The summed E-state index contributed by atoms with van der Waals surface area (Å²) in [4.78, 5) is 0. The fourth-order valence-corrected chi connectivity index (χ4v) is 2.16. The van der Waals surface area contributed by atoms with Crippen molar-refractivity contribution in [2.75, 3.05) is 13.1 Å². The van der Waals surface area contributed by atoms with Crippen LogP contribution in [-0.2, 0) is 0 Å². The highest BCUT2D eigenvalue weighted by atomic mass is 19.1. The largest absolute Gasteiger partial charge is 0.324 e. The van der Waals surface area contributed by atoms with Crippen LogP contribution in [0, 0.1) is 11.7 Å². The van der Waals surface area contributed by atoms with Crippen LogP contribution in [0.25, 0.3) is 0 Å². The molecule has 0 aliphatic carbocycles. The molecule has 0 spiro atoms. The molecular weight excluding hydrogens is 191 g/mol. The van der Waals surface area contributed by atoms with Crippen molar-refractivity contribution in [3.8, 4) is 0 Å². The van der Waals surface area contributed by atoms with Gasteiger partial charge in [-0.05, 0) is 49.5 Å². The molecule has 1 fully saturated rings. The Balaban J connectivity index is 2.05. The van der Waals surface area contributed by atoms with Crippen LogP contribution >= 0.6 is 0 Å².